The number of anilines is 1. The number of hydrogen-bond donors (Lipinski definition) is 1. The summed E-state index contributed by atoms with van der Waals surface area (Å²) in [5.41, 5.74) is 1.88. The third kappa shape index (κ3) is 5.09. The number of amides is 1. The lowest BCUT2D eigenvalue weighted by molar-refractivity contribution is -0.121. The van der Waals surface area contributed by atoms with E-state index in [9.17, 15) is 13.2 Å². The Hall–Kier alpha value is -1.82. The maximum Gasteiger partial charge on any atom is 0.243 e. The van der Waals surface area contributed by atoms with Crippen LogP contribution < -0.4 is 9.62 Å². The number of sulfonamides is 1. The molecule has 1 aliphatic rings. The van der Waals surface area contributed by atoms with Gasteiger partial charge >= 0.3 is 0 Å². The summed E-state index contributed by atoms with van der Waals surface area (Å²) in [6.45, 7) is 2.16. The van der Waals surface area contributed by atoms with E-state index in [1.165, 1.54) is 22.7 Å². The molecule has 24 heavy (non-hydrogen) atoms. The molecular weight excluding hydrogens is 324 g/mol. The molecule has 132 valence electrons. The number of nitrogens with zero attached hydrogens (tertiary/aromatic N) is 1. The molecule has 0 unspecified atom stereocenters. The van der Waals surface area contributed by atoms with Crippen LogP contribution in [-0.2, 0) is 14.8 Å². The molecule has 1 atom stereocenters. The number of rotatable bonds is 7. The summed E-state index contributed by atoms with van der Waals surface area (Å²) < 4.78 is 25.4. The quantitative estimate of drug-likeness (QED) is 0.769. The molecule has 6 heteroatoms. The van der Waals surface area contributed by atoms with Gasteiger partial charge < -0.3 is 5.32 Å². The van der Waals surface area contributed by atoms with Crippen molar-refractivity contribution in [3.05, 3.63) is 42.0 Å². The van der Waals surface area contributed by atoms with Crippen molar-refractivity contribution in [3.63, 3.8) is 0 Å². The van der Waals surface area contributed by atoms with Crippen LogP contribution in [0, 0.1) is 0 Å². The minimum Gasteiger partial charge on any atom is -0.354 e. The molecule has 0 aliphatic heterocycles. The molecule has 0 aromatic heterocycles. The highest BCUT2D eigenvalue weighted by Crippen LogP contribution is 2.21. The molecule has 0 spiro atoms. The van der Waals surface area contributed by atoms with Crippen molar-refractivity contribution in [1.82, 2.24) is 5.32 Å². The maximum absolute atomic E-state index is 12.4. The van der Waals surface area contributed by atoms with Gasteiger partial charge in [-0.3, -0.25) is 9.10 Å². The Kier molecular flexibility index (Phi) is 6.43. The third-order valence-electron chi connectivity index (χ3n) is 4.23. The molecule has 1 N–H and O–H groups in total. The first-order valence-corrected chi connectivity index (χ1v) is 10.2. The Bertz CT molecular complexity index is 683. The van der Waals surface area contributed by atoms with Crippen molar-refractivity contribution in [2.24, 2.45) is 0 Å². The molecule has 1 aromatic carbocycles. The minimum atomic E-state index is -3.55. The second-order valence-electron chi connectivity index (χ2n) is 6.22. The van der Waals surface area contributed by atoms with Crippen LogP contribution in [0.5, 0.6) is 0 Å². The molecule has 1 aliphatic carbocycles. The summed E-state index contributed by atoms with van der Waals surface area (Å²) in [5, 5.41) is 2.87. The lowest BCUT2D eigenvalue weighted by atomic mass is 9.97. The fourth-order valence-electron chi connectivity index (χ4n) is 3.01. The second-order valence-corrected chi connectivity index (χ2v) is 8.08. The van der Waals surface area contributed by atoms with Gasteiger partial charge in [-0.05, 0) is 51.2 Å². The normalized spacial score (nSPS) is 16.2. The number of carbonyl (C=O) groups excluding carboxylic acids is 1. The topological polar surface area (TPSA) is 66.5 Å². The highest BCUT2D eigenvalue weighted by Gasteiger charge is 2.28. The van der Waals surface area contributed by atoms with Crippen LogP contribution >= 0.6 is 0 Å². The number of benzene rings is 1. The van der Waals surface area contributed by atoms with Gasteiger partial charge in [0, 0.05) is 6.54 Å². The molecule has 1 amide bonds. The zero-order chi connectivity index (χ0) is 17.6. The molecular formula is C18H26N2O3S. The first-order chi connectivity index (χ1) is 11.4. The first kappa shape index (κ1) is 18.5. The third-order valence-corrected chi connectivity index (χ3v) is 5.47. The molecule has 0 heterocycles. The number of nitrogens with one attached hydrogen (secondary N) is 1. The Morgan fingerprint density at radius 1 is 1.25 bits per heavy atom. The molecule has 2 rings (SSSR count). The molecule has 0 fully saturated rings. The van der Waals surface area contributed by atoms with Crippen LogP contribution in [0.3, 0.4) is 0 Å². The van der Waals surface area contributed by atoms with Crippen LogP contribution in [0.2, 0.25) is 0 Å². The van der Waals surface area contributed by atoms with Crippen LogP contribution in [0.15, 0.2) is 42.0 Å². The number of para-hydroxylation sites is 1. The zero-order valence-corrected chi connectivity index (χ0v) is 15.2. The molecule has 5 nitrogen and oxygen atoms in total. The van der Waals surface area contributed by atoms with Gasteiger partial charge in [0.1, 0.15) is 6.04 Å². The first-order valence-electron chi connectivity index (χ1n) is 8.39. The summed E-state index contributed by atoms with van der Waals surface area (Å²) in [5.74, 6) is -0.277. The van der Waals surface area contributed by atoms with E-state index in [1.54, 1.807) is 31.2 Å². The average molecular weight is 350 g/mol. The zero-order valence-electron chi connectivity index (χ0n) is 14.4. The summed E-state index contributed by atoms with van der Waals surface area (Å²) in [6, 6.07) is 7.92. The van der Waals surface area contributed by atoms with E-state index in [0.717, 1.165) is 25.5 Å². The highest BCUT2D eigenvalue weighted by atomic mass is 32.2. The van der Waals surface area contributed by atoms with Gasteiger partial charge in [0.2, 0.25) is 15.9 Å². The van der Waals surface area contributed by atoms with Crippen LogP contribution in [0.25, 0.3) is 0 Å². The van der Waals surface area contributed by atoms with Gasteiger partial charge in [0.15, 0.2) is 0 Å². The van der Waals surface area contributed by atoms with Crippen LogP contribution in [0.1, 0.15) is 39.0 Å². The van der Waals surface area contributed by atoms with E-state index in [-0.39, 0.29) is 5.91 Å². The summed E-state index contributed by atoms with van der Waals surface area (Å²) in [4.78, 5) is 12.4. The Labute approximate surface area is 144 Å². The van der Waals surface area contributed by atoms with Gasteiger partial charge in [0.25, 0.3) is 0 Å². The number of hydrogen-bond acceptors (Lipinski definition) is 3. The fraction of sp³-hybridized carbons (Fsp3) is 0.500. The Balaban J connectivity index is 1.99. The predicted octanol–water partition coefficient (Wildman–Crippen LogP) is 2.85. The summed E-state index contributed by atoms with van der Waals surface area (Å²) >= 11 is 0. The molecule has 1 aromatic rings. The van der Waals surface area contributed by atoms with E-state index in [4.69, 9.17) is 0 Å². The van der Waals surface area contributed by atoms with E-state index in [2.05, 4.69) is 11.4 Å². The Morgan fingerprint density at radius 2 is 1.96 bits per heavy atom. The lowest BCUT2D eigenvalue weighted by Crippen LogP contribution is -2.48. The summed E-state index contributed by atoms with van der Waals surface area (Å²) in [7, 11) is -3.55. The predicted molar refractivity (Wildman–Crippen MR) is 97.4 cm³/mol. The van der Waals surface area contributed by atoms with Gasteiger partial charge in [-0.2, -0.15) is 0 Å². The van der Waals surface area contributed by atoms with Crippen molar-refractivity contribution in [3.8, 4) is 0 Å². The van der Waals surface area contributed by atoms with Crippen molar-refractivity contribution in [2.45, 2.75) is 45.1 Å². The SMILES string of the molecule is C[C@H](C(=O)NCCC1=CCCCC1)N(c1ccccc1)S(C)(=O)=O. The molecule has 0 saturated heterocycles. The fourth-order valence-corrected chi connectivity index (χ4v) is 4.18. The van der Waals surface area contributed by atoms with Crippen molar-refractivity contribution in [1.29, 1.82) is 0 Å². The largest absolute Gasteiger partial charge is 0.354 e. The Morgan fingerprint density at radius 3 is 2.54 bits per heavy atom. The average Bonchev–Trinajstić information content (AvgIpc) is 2.55. The number of carbonyl (C=O) groups is 1. The molecule has 0 saturated carbocycles. The second kappa shape index (κ2) is 8.33. The standard InChI is InChI=1S/C18H26N2O3S/c1-15(18(21)19-14-13-16-9-5-3-6-10-16)20(24(2,22)23)17-11-7-4-8-12-17/h4,7-9,11-12,15H,3,5-6,10,13-14H2,1-2H3,(H,19,21)/t15-/m1/s1. The maximum atomic E-state index is 12.4. The van der Waals surface area contributed by atoms with Gasteiger partial charge in [-0.15, -0.1) is 0 Å². The van der Waals surface area contributed by atoms with Gasteiger partial charge in [-0.1, -0.05) is 29.8 Å². The van der Waals surface area contributed by atoms with Crippen molar-refractivity contribution >= 4 is 21.6 Å². The van der Waals surface area contributed by atoms with Crippen LogP contribution in [-0.4, -0.2) is 33.2 Å². The van der Waals surface area contributed by atoms with Crippen LogP contribution in [0.4, 0.5) is 5.69 Å². The van der Waals surface area contributed by atoms with E-state index >= 15 is 0 Å². The van der Waals surface area contributed by atoms with E-state index < -0.39 is 16.1 Å². The van der Waals surface area contributed by atoms with Crippen molar-refractivity contribution < 1.29 is 13.2 Å². The molecule has 0 bridgehead atoms. The minimum absolute atomic E-state index is 0.277. The van der Waals surface area contributed by atoms with Gasteiger partial charge in [0.05, 0.1) is 11.9 Å². The molecule has 0 radical (unpaired) electrons. The number of allylic oxidation sites excluding steroid dienone is 1. The summed E-state index contributed by atoms with van der Waals surface area (Å²) in [6.07, 6.45) is 8.89. The monoisotopic (exact) mass is 350 g/mol. The van der Waals surface area contributed by atoms with E-state index in [0.29, 0.717) is 12.2 Å². The van der Waals surface area contributed by atoms with Gasteiger partial charge in [-0.25, -0.2) is 8.42 Å². The smallest absolute Gasteiger partial charge is 0.243 e. The highest BCUT2D eigenvalue weighted by molar-refractivity contribution is 7.92. The van der Waals surface area contributed by atoms with Crippen molar-refractivity contribution in [2.75, 3.05) is 17.1 Å². The van der Waals surface area contributed by atoms with E-state index in [1.807, 2.05) is 6.07 Å². The lowest BCUT2D eigenvalue weighted by Gasteiger charge is -2.28.